The van der Waals surface area contributed by atoms with Crippen LogP contribution in [0, 0.1) is 0 Å². The minimum absolute atomic E-state index is 0.336. The van der Waals surface area contributed by atoms with Crippen LogP contribution in [0.3, 0.4) is 0 Å². The molecule has 2 aromatic rings. The molecule has 19 heavy (non-hydrogen) atoms. The maximum absolute atomic E-state index is 5.76. The summed E-state index contributed by atoms with van der Waals surface area (Å²) in [5.41, 5.74) is 2.40. The zero-order chi connectivity index (χ0) is 13.1. The van der Waals surface area contributed by atoms with Gasteiger partial charge in [0, 0.05) is 6.61 Å². The average Bonchev–Trinajstić information content (AvgIpc) is 3.10. The molecule has 1 aliphatic heterocycles. The summed E-state index contributed by atoms with van der Waals surface area (Å²) < 4.78 is 8.05. The molecule has 1 fully saturated rings. The Balaban J connectivity index is 1.93. The summed E-state index contributed by atoms with van der Waals surface area (Å²) in [5.74, 6) is 0. The van der Waals surface area contributed by atoms with Crippen LogP contribution in [-0.2, 0) is 11.3 Å². The Morgan fingerprint density at radius 1 is 1.37 bits per heavy atom. The third kappa shape index (κ3) is 2.69. The van der Waals surface area contributed by atoms with Gasteiger partial charge in [0.1, 0.15) is 0 Å². The third-order valence-electron chi connectivity index (χ3n) is 3.48. The highest BCUT2D eigenvalue weighted by molar-refractivity contribution is 7.98. The van der Waals surface area contributed by atoms with Gasteiger partial charge in [0.15, 0.2) is 5.16 Å². The molecule has 100 valence electrons. The molecule has 0 aliphatic carbocycles. The molecular weight excluding hydrogens is 256 g/mol. The van der Waals surface area contributed by atoms with Gasteiger partial charge in [-0.3, -0.25) is 0 Å². The molecule has 0 radical (unpaired) electrons. The Kier molecular flexibility index (Phi) is 3.89. The molecule has 1 aliphatic rings. The van der Waals surface area contributed by atoms with Crippen molar-refractivity contribution in [2.75, 3.05) is 12.9 Å². The van der Waals surface area contributed by atoms with Crippen LogP contribution in [0.25, 0.3) is 11.3 Å². The Morgan fingerprint density at radius 2 is 2.21 bits per heavy atom. The zero-order valence-corrected chi connectivity index (χ0v) is 11.9. The second-order valence-corrected chi connectivity index (χ2v) is 5.52. The van der Waals surface area contributed by atoms with Crippen LogP contribution >= 0.6 is 11.8 Å². The number of benzene rings is 1. The predicted octanol–water partition coefficient (Wildman–Crippen LogP) is 3.45. The lowest BCUT2D eigenvalue weighted by molar-refractivity contribution is 0.0954. The van der Waals surface area contributed by atoms with Gasteiger partial charge >= 0.3 is 0 Å². The number of imidazole rings is 1. The minimum Gasteiger partial charge on any atom is -0.376 e. The van der Waals surface area contributed by atoms with Crippen molar-refractivity contribution >= 4 is 11.8 Å². The lowest BCUT2D eigenvalue weighted by atomic mass is 10.1. The van der Waals surface area contributed by atoms with Gasteiger partial charge in [-0.05, 0) is 24.7 Å². The second kappa shape index (κ2) is 5.80. The Labute approximate surface area is 118 Å². The molecule has 3 rings (SSSR count). The molecule has 0 bridgehead atoms. The van der Waals surface area contributed by atoms with Gasteiger partial charge in [-0.1, -0.05) is 42.1 Å². The standard InChI is InChI=1S/C15H18N2OS/c1-19-15-16-10-14(12-6-3-2-4-7-12)17(15)11-13-8-5-9-18-13/h2-4,6-7,10,13H,5,8-9,11H2,1H3. The van der Waals surface area contributed by atoms with E-state index in [9.17, 15) is 0 Å². The highest BCUT2D eigenvalue weighted by Gasteiger charge is 2.19. The van der Waals surface area contributed by atoms with Crippen LogP contribution in [0.4, 0.5) is 0 Å². The fraction of sp³-hybridized carbons (Fsp3) is 0.400. The first kappa shape index (κ1) is 12.8. The van der Waals surface area contributed by atoms with Crippen molar-refractivity contribution in [2.24, 2.45) is 0 Å². The second-order valence-electron chi connectivity index (χ2n) is 4.74. The maximum Gasteiger partial charge on any atom is 0.168 e. The number of thioether (sulfide) groups is 1. The normalized spacial score (nSPS) is 18.9. The summed E-state index contributed by atoms with van der Waals surface area (Å²) in [4.78, 5) is 4.52. The van der Waals surface area contributed by atoms with E-state index in [0.717, 1.165) is 24.7 Å². The van der Waals surface area contributed by atoms with Gasteiger partial charge in [-0.15, -0.1) is 0 Å². The Hall–Kier alpha value is -1.26. The van der Waals surface area contributed by atoms with Gasteiger partial charge in [0.2, 0.25) is 0 Å². The van der Waals surface area contributed by atoms with Crippen molar-refractivity contribution in [1.82, 2.24) is 9.55 Å². The first-order valence-electron chi connectivity index (χ1n) is 6.65. The average molecular weight is 274 g/mol. The summed E-state index contributed by atoms with van der Waals surface area (Å²) >= 11 is 1.69. The first-order chi connectivity index (χ1) is 9.38. The van der Waals surface area contributed by atoms with Crippen molar-refractivity contribution in [3.63, 3.8) is 0 Å². The van der Waals surface area contributed by atoms with E-state index in [1.54, 1.807) is 11.8 Å². The lowest BCUT2D eigenvalue weighted by Gasteiger charge is -2.15. The summed E-state index contributed by atoms with van der Waals surface area (Å²) in [6.45, 7) is 1.80. The molecule has 0 N–H and O–H groups in total. The number of aromatic nitrogens is 2. The van der Waals surface area contributed by atoms with Crippen molar-refractivity contribution < 1.29 is 4.74 Å². The van der Waals surface area contributed by atoms with Crippen LogP contribution < -0.4 is 0 Å². The summed E-state index contributed by atoms with van der Waals surface area (Å²) in [7, 11) is 0. The molecule has 1 aromatic carbocycles. The van der Waals surface area contributed by atoms with Crippen LogP contribution in [0.5, 0.6) is 0 Å². The molecule has 1 aromatic heterocycles. The van der Waals surface area contributed by atoms with Gasteiger partial charge in [-0.2, -0.15) is 0 Å². The monoisotopic (exact) mass is 274 g/mol. The fourth-order valence-electron chi connectivity index (χ4n) is 2.53. The first-order valence-corrected chi connectivity index (χ1v) is 7.87. The summed E-state index contributed by atoms with van der Waals surface area (Å²) in [6.07, 6.45) is 6.70. The lowest BCUT2D eigenvalue weighted by Crippen LogP contribution is -2.16. The number of ether oxygens (including phenoxy) is 1. The zero-order valence-electron chi connectivity index (χ0n) is 11.1. The van der Waals surface area contributed by atoms with E-state index in [1.807, 2.05) is 12.3 Å². The van der Waals surface area contributed by atoms with Crippen molar-refractivity contribution in [3.8, 4) is 11.3 Å². The van der Waals surface area contributed by atoms with Gasteiger partial charge in [-0.25, -0.2) is 4.98 Å². The molecule has 2 heterocycles. The van der Waals surface area contributed by atoms with Crippen molar-refractivity contribution in [2.45, 2.75) is 30.6 Å². The summed E-state index contributed by atoms with van der Waals surface area (Å²) in [6, 6.07) is 10.4. The number of rotatable bonds is 4. The molecule has 4 heteroatoms. The van der Waals surface area contributed by atoms with Crippen LogP contribution in [0.15, 0.2) is 41.7 Å². The number of nitrogens with zero attached hydrogens (tertiary/aromatic N) is 2. The molecule has 0 saturated carbocycles. The highest BCUT2D eigenvalue weighted by atomic mass is 32.2. The van der Waals surface area contributed by atoms with Gasteiger partial charge in [0.05, 0.1) is 24.5 Å². The maximum atomic E-state index is 5.76. The van der Waals surface area contributed by atoms with E-state index in [-0.39, 0.29) is 0 Å². The molecular formula is C15H18N2OS. The third-order valence-corrected chi connectivity index (χ3v) is 4.17. The van der Waals surface area contributed by atoms with Crippen LogP contribution in [0.2, 0.25) is 0 Å². The molecule has 3 nitrogen and oxygen atoms in total. The topological polar surface area (TPSA) is 27.1 Å². The Bertz CT molecular complexity index is 532. The molecule has 0 spiro atoms. The van der Waals surface area contributed by atoms with E-state index < -0.39 is 0 Å². The SMILES string of the molecule is CSc1ncc(-c2ccccc2)n1CC1CCCO1. The number of hydrogen-bond acceptors (Lipinski definition) is 3. The predicted molar refractivity (Wildman–Crippen MR) is 78.4 cm³/mol. The molecule has 0 amide bonds. The Morgan fingerprint density at radius 3 is 2.89 bits per heavy atom. The molecule has 1 atom stereocenters. The van der Waals surface area contributed by atoms with E-state index in [0.29, 0.717) is 6.10 Å². The van der Waals surface area contributed by atoms with Gasteiger partial charge in [0.25, 0.3) is 0 Å². The van der Waals surface area contributed by atoms with Crippen molar-refractivity contribution in [3.05, 3.63) is 36.5 Å². The molecule has 1 saturated heterocycles. The molecule has 1 unspecified atom stereocenters. The quantitative estimate of drug-likeness (QED) is 0.799. The smallest absolute Gasteiger partial charge is 0.168 e. The van der Waals surface area contributed by atoms with Crippen LogP contribution in [0.1, 0.15) is 12.8 Å². The number of hydrogen-bond donors (Lipinski definition) is 0. The largest absolute Gasteiger partial charge is 0.376 e. The summed E-state index contributed by atoms with van der Waals surface area (Å²) in [5, 5.41) is 1.06. The van der Waals surface area contributed by atoms with E-state index in [1.165, 1.54) is 17.7 Å². The van der Waals surface area contributed by atoms with Crippen molar-refractivity contribution in [1.29, 1.82) is 0 Å². The van der Waals surface area contributed by atoms with Crippen LogP contribution in [-0.4, -0.2) is 28.5 Å². The van der Waals surface area contributed by atoms with E-state index in [4.69, 9.17) is 4.74 Å². The van der Waals surface area contributed by atoms with Gasteiger partial charge < -0.3 is 9.30 Å². The highest BCUT2D eigenvalue weighted by Crippen LogP contribution is 2.27. The minimum atomic E-state index is 0.336. The van der Waals surface area contributed by atoms with E-state index in [2.05, 4.69) is 40.1 Å². The fourth-order valence-corrected chi connectivity index (χ4v) is 3.08. The van der Waals surface area contributed by atoms with E-state index >= 15 is 0 Å².